The molecule has 4 nitrogen and oxygen atoms in total. The molecule has 1 atom stereocenters. The van der Waals surface area contributed by atoms with Gasteiger partial charge in [-0.15, -0.1) is 0 Å². The van der Waals surface area contributed by atoms with Gasteiger partial charge < -0.3 is 15.0 Å². The van der Waals surface area contributed by atoms with E-state index in [0.717, 1.165) is 19.5 Å². The molecule has 1 aliphatic heterocycles. The highest BCUT2D eigenvalue weighted by Crippen LogP contribution is 2.27. The Hall–Kier alpha value is -0.970. The Labute approximate surface area is 135 Å². The van der Waals surface area contributed by atoms with E-state index in [1.807, 2.05) is 11.9 Å². The second-order valence-corrected chi connectivity index (χ2v) is 6.02. The van der Waals surface area contributed by atoms with Gasteiger partial charge in [-0.05, 0) is 37.6 Å². The summed E-state index contributed by atoms with van der Waals surface area (Å²) in [5.41, 5.74) is 0. The van der Waals surface area contributed by atoms with E-state index in [9.17, 15) is 4.79 Å². The van der Waals surface area contributed by atoms with Crippen molar-refractivity contribution in [2.75, 3.05) is 26.7 Å². The SMILES string of the molecule is CN(C(=O)CCCOc1ccc(Cl)cc1Cl)C1CCNC1. The van der Waals surface area contributed by atoms with Crippen LogP contribution >= 0.6 is 23.2 Å². The quantitative estimate of drug-likeness (QED) is 0.815. The van der Waals surface area contributed by atoms with Gasteiger partial charge in [-0.2, -0.15) is 0 Å². The first kappa shape index (κ1) is 16.4. The molecule has 1 aromatic rings. The first-order valence-electron chi connectivity index (χ1n) is 7.12. The number of nitrogens with one attached hydrogen (secondary N) is 1. The van der Waals surface area contributed by atoms with Crippen LogP contribution in [0, 0.1) is 0 Å². The molecule has 1 heterocycles. The Bertz CT molecular complexity index is 491. The molecule has 1 amide bonds. The average Bonchev–Trinajstić information content (AvgIpc) is 2.98. The number of rotatable bonds is 6. The molecule has 21 heavy (non-hydrogen) atoms. The maximum Gasteiger partial charge on any atom is 0.222 e. The van der Waals surface area contributed by atoms with Crippen LogP contribution in [0.25, 0.3) is 0 Å². The third-order valence-corrected chi connectivity index (χ3v) is 4.19. The van der Waals surface area contributed by atoms with Crippen molar-refractivity contribution >= 4 is 29.1 Å². The van der Waals surface area contributed by atoms with E-state index in [1.165, 1.54) is 0 Å². The Morgan fingerprint density at radius 2 is 2.29 bits per heavy atom. The van der Waals surface area contributed by atoms with E-state index < -0.39 is 0 Å². The largest absolute Gasteiger partial charge is 0.492 e. The van der Waals surface area contributed by atoms with Crippen LogP contribution in [-0.2, 0) is 4.79 Å². The van der Waals surface area contributed by atoms with E-state index >= 15 is 0 Å². The zero-order valence-electron chi connectivity index (χ0n) is 12.1. The molecule has 1 unspecified atom stereocenters. The minimum absolute atomic E-state index is 0.162. The normalized spacial score (nSPS) is 17.8. The van der Waals surface area contributed by atoms with Crippen molar-refractivity contribution in [2.24, 2.45) is 0 Å². The van der Waals surface area contributed by atoms with Gasteiger partial charge in [0.15, 0.2) is 0 Å². The van der Waals surface area contributed by atoms with Crippen LogP contribution in [0.3, 0.4) is 0 Å². The Kier molecular flexibility index (Phi) is 6.15. The standard InChI is InChI=1S/C15H20Cl2N2O2/c1-19(12-6-7-18-10-12)15(20)3-2-8-21-14-5-4-11(16)9-13(14)17/h4-5,9,12,18H,2-3,6-8,10H2,1H3. The Balaban J connectivity index is 1.70. The number of carbonyl (C=O) groups is 1. The molecule has 0 bridgehead atoms. The van der Waals surface area contributed by atoms with Crippen LogP contribution in [0.2, 0.25) is 10.0 Å². The molecule has 1 N–H and O–H groups in total. The van der Waals surface area contributed by atoms with E-state index in [4.69, 9.17) is 27.9 Å². The van der Waals surface area contributed by atoms with E-state index in [1.54, 1.807) is 18.2 Å². The number of hydrogen-bond acceptors (Lipinski definition) is 3. The molecule has 1 fully saturated rings. The van der Waals surface area contributed by atoms with Crippen molar-refractivity contribution in [2.45, 2.75) is 25.3 Å². The van der Waals surface area contributed by atoms with Crippen LogP contribution in [0.15, 0.2) is 18.2 Å². The molecular weight excluding hydrogens is 311 g/mol. The lowest BCUT2D eigenvalue weighted by atomic mass is 10.2. The Morgan fingerprint density at radius 3 is 2.95 bits per heavy atom. The van der Waals surface area contributed by atoms with E-state index in [-0.39, 0.29) is 5.91 Å². The van der Waals surface area contributed by atoms with Crippen molar-refractivity contribution in [3.8, 4) is 5.75 Å². The third kappa shape index (κ3) is 4.77. The fraction of sp³-hybridized carbons (Fsp3) is 0.533. The molecule has 0 aliphatic carbocycles. The first-order valence-corrected chi connectivity index (χ1v) is 7.88. The van der Waals surface area contributed by atoms with Gasteiger partial charge in [-0.3, -0.25) is 4.79 Å². The second kappa shape index (κ2) is 7.87. The van der Waals surface area contributed by atoms with Gasteiger partial charge in [0, 0.05) is 31.1 Å². The zero-order chi connectivity index (χ0) is 15.2. The molecule has 1 aromatic carbocycles. The number of amides is 1. The van der Waals surface area contributed by atoms with Gasteiger partial charge in [0.1, 0.15) is 5.75 Å². The maximum atomic E-state index is 12.1. The highest BCUT2D eigenvalue weighted by Gasteiger charge is 2.22. The van der Waals surface area contributed by atoms with Crippen molar-refractivity contribution in [3.05, 3.63) is 28.2 Å². The monoisotopic (exact) mass is 330 g/mol. The van der Waals surface area contributed by atoms with Gasteiger partial charge in [0.25, 0.3) is 0 Å². The summed E-state index contributed by atoms with van der Waals surface area (Å²) >= 11 is 11.8. The number of hydrogen-bond donors (Lipinski definition) is 1. The number of nitrogens with zero attached hydrogens (tertiary/aromatic N) is 1. The summed E-state index contributed by atoms with van der Waals surface area (Å²) in [4.78, 5) is 13.9. The van der Waals surface area contributed by atoms with Crippen molar-refractivity contribution in [1.29, 1.82) is 0 Å². The van der Waals surface area contributed by atoms with Crippen molar-refractivity contribution in [1.82, 2.24) is 10.2 Å². The lowest BCUT2D eigenvalue weighted by molar-refractivity contribution is -0.131. The summed E-state index contributed by atoms with van der Waals surface area (Å²) in [6.07, 6.45) is 2.18. The fourth-order valence-corrected chi connectivity index (χ4v) is 2.81. The molecule has 2 rings (SSSR count). The van der Waals surface area contributed by atoms with Gasteiger partial charge in [-0.25, -0.2) is 0 Å². The summed E-state index contributed by atoms with van der Waals surface area (Å²) in [5.74, 6) is 0.761. The van der Waals surface area contributed by atoms with Crippen molar-refractivity contribution in [3.63, 3.8) is 0 Å². The predicted octanol–water partition coefficient (Wildman–Crippen LogP) is 2.97. The minimum atomic E-state index is 0.162. The summed E-state index contributed by atoms with van der Waals surface area (Å²) in [7, 11) is 1.87. The molecule has 0 radical (unpaired) electrons. The van der Waals surface area contributed by atoms with Crippen LogP contribution in [0.5, 0.6) is 5.75 Å². The van der Waals surface area contributed by atoms with Crippen molar-refractivity contribution < 1.29 is 9.53 Å². The third-order valence-electron chi connectivity index (χ3n) is 3.66. The number of benzene rings is 1. The number of likely N-dealkylation sites (N-methyl/N-ethyl adjacent to an activating group) is 1. The summed E-state index contributed by atoms with van der Waals surface area (Å²) < 4.78 is 5.57. The van der Waals surface area contributed by atoms with Gasteiger partial charge in [0.05, 0.1) is 11.6 Å². The molecule has 6 heteroatoms. The first-order chi connectivity index (χ1) is 10.1. The highest BCUT2D eigenvalue weighted by molar-refractivity contribution is 6.35. The molecule has 0 spiro atoms. The van der Waals surface area contributed by atoms with E-state index in [2.05, 4.69) is 5.32 Å². The van der Waals surface area contributed by atoms with Crippen LogP contribution in [-0.4, -0.2) is 43.6 Å². The molecule has 0 aromatic heterocycles. The lowest BCUT2D eigenvalue weighted by Crippen LogP contribution is -2.38. The lowest BCUT2D eigenvalue weighted by Gasteiger charge is -2.23. The molecule has 116 valence electrons. The van der Waals surface area contributed by atoms with Gasteiger partial charge >= 0.3 is 0 Å². The minimum Gasteiger partial charge on any atom is -0.492 e. The number of halogens is 2. The maximum absolute atomic E-state index is 12.1. The summed E-state index contributed by atoms with van der Waals surface area (Å²) in [5, 5.41) is 4.33. The summed E-state index contributed by atoms with van der Waals surface area (Å²) in [6.45, 7) is 2.34. The second-order valence-electron chi connectivity index (χ2n) is 5.18. The van der Waals surface area contributed by atoms with Crippen LogP contribution in [0.1, 0.15) is 19.3 Å². The zero-order valence-corrected chi connectivity index (χ0v) is 13.6. The highest BCUT2D eigenvalue weighted by atomic mass is 35.5. The van der Waals surface area contributed by atoms with Crippen LogP contribution in [0.4, 0.5) is 0 Å². The molecule has 1 aliphatic rings. The topological polar surface area (TPSA) is 41.6 Å². The van der Waals surface area contributed by atoms with Gasteiger partial charge in [0.2, 0.25) is 5.91 Å². The number of ether oxygens (including phenoxy) is 1. The van der Waals surface area contributed by atoms with E-state index in [0.29, 0.717) is 41.3 Å². The fourth-order valence-electron chi connectivity index (χ4n) is 2.35. The molecule has 1 saturated heterocycles. The summed E-state index contributed by atoms with van der Waals surface area (Å²) in [6, 6.07) is 5.44. The molecule has 0 saturated carbocycles. The Morgan fingerprint density at radius 1 is 1.48 bits per heavy atom. The predicted molar refractivity (Wildman–Crippen MR) is 85.2 cm³/mol. The van der Waals surface area contributed by atoms with Gasteiger partial charge in [-0.1, -0.05) is 23.2 Å². The smallest absolute Gasteiger partial charge is 0.222 e. The van der Waals surface area contributed by atoms with Crippen LogP contribution < -0.4 is 10.1 Å². The average molecular weight is 331 g/mol. The molecular formula is C15H20Cl2N2O2. The number of carbonyl (C=O) groups excluding carboxylic acids is 1.